The first-order chi connectivity index (χ1) is 14.4. The summed E-state index contributed by atoms with van der Waals surface area (Å²) in [5, 5.41) is 15.0. The number of aromatic nitrogens is 6. The van der Waals surface area contributed by atoms with Crippen LogP contribution in [0.25, 0.3) is 33.9 Å². The van der Waals surface area contributed by atoms with Crippen LogP contribution in [-0.4, -0.2) is 29.9 Å². The maximum Gasteiger partial charge on any atom is 0.238 e. The zero-order chi connectivity index (χ0) is 19.2. The Labute approximate surface area is 169 Å². The molecule has 0 atom stereocenters. The molecule has 1 N–H and O–H groups in total. The Balaban J connectivity index is 1.29. The molecule has 8 nitrogen and oxygen atoms in total. The molecule has 1 aromatic carbocycles. The Morgan fingerprint density at radius 2 is 2.07 bits per heavy atom. The summed E-state index contributed by atoms with van der Waals surface area (Å²) < 4.78 is 12.9. The second-order valence-corrected chi connectivity index (χ2v) is 7.88. The zero-order valence-corrected chi connectivity index (χ0v) is 16.1. The molecule has 1 aliphatic rings. The molecule has 4 heterocycles. The van der Waals surface area contributed by atoms with Gasteiger partial charge in [-0.15, -0.1) is 10.2 Å². The van der Waals surface area contributed by atoms with Crippen LogP contribution in [0.5, 0.6) is 0 Å². The molecule has 1 aliphatic carbocycles. The molecule has 0 aliphatic heterocycles. The standard InChI is InChI=1S/C20H16N6O2S/c1-2-5-15-13(4-1)14(10-21-15)19-23-24-20(26(19)12-7-8-12)29-11-17-22-18(25-28-17)16-6-3-9-27-16/h1-6,9-10,12,21H,7-8,11H2. The van der Waals surface area contributed by atoms with Crippen molar-refractivity contribution in [2.24, 2.45) is 0 Å². The van der Waals surface area contributed by atoms with E-state index in [0.29, 0.717) is 29.3 Å². The molecular weight excluding hydrogens is 388 g/mol. The largest absolute Gasteiger partial charge is 0.461 e. The van der Waals surface area contributed by atoms with Crippen molar-refractivity contribution in [2.75, 3.05) is 0 Å². The van der Waals surface area contributed by atoms with Gasteiger partial charge in [-0.25, -0.2) is 0 Å². The number of rotatable bonds is 6. The number of H-pyrrole nitrogens is 1. The summed E-state index contributed by atoms with van der Waals surface area (Å²) >= 11 is 1.55. The second kappa shape index (κ2) is 6.63. The molecule has 144 valence electrons. The Kier molecular flexibility index (Phi) is 3.80. The summed E-state index contributed by atoms with van der Waals surface area (Å²) in [5.41, 5.74) is 2.17. The van der Waals surface area contributed by atoms with Gasteiger partial charge in [0.25, 0.3) is 0 Å². The molecule has 0 saturated heterocycles. The molecule has 0 spiro atoms. The molecule has 29 heavy (non-hydrogen) atoms. The van der Waals surface area contributed by atoms with Gasteiger partial charge in [0.15, 0.2) is 16.7 Å². The van der Waals surface area contributed by atoms with E-state index in [1.165, 1.54) is 0 Å². The summed E-state index contributed by atoms with van der Waals surface area (Å²) in [6.07, 6.45) is 5.88. The highest BCUT2D eigenvalue weighted by Crippen LogP contribution is 2.42. The SMILES string of the molecule is c1coc(-c2noc(CSc3nnc(-c4c[nH]c5ccccc45)n3C3CC3)n2)c1. The number of thioether (sulfide) groups is 1. The van der Waals surface area contributed by atoms with Crippen molar-refractivity contribution in [1.29, 1.82) is 0 Å². The molecule has 0 unspecified atom stereocenters. The molecule has 5 aromatic rings. The van der Waals surface area contributed by atoms with E-state index in [2.05, 4.69) is 42.0 Å². The van der Waals surface area contributed by atoms with E-state index in [-0.39, 0.29) is 0 Å². The molecule has 6 rings (SSSR count). The van der Waals surface area contributed by atoms with Crippen LogP contribution in [0.3, 0.4) is 0 Å². The summed E-state index contributed by atoms with van der Waals surface area (Å²) in [6.45, 7) is 0. The molecule has 0 radical (unpaired) electrons. The lowest BCUT2D eigenvalue weighted by Gasteiger charge is -2.07. The summed E-state index contributed by atoms with van der Waals surface area (Å²) in [7, 11) is 0. The highest BCUT2D eigenvalue weighted by molar-refractivity contribution is 7.98. The summed E-state index contributed by atoms with van der Waals surface area (Å²) in [4.78, 5) is 7.73. The first-order valence-corrected chi connectivity index (χ1v) is 10.4. The van der Waals surface area contributed by atoms with Gasteiger partial charge >= 0.3 is 0 Å². The lowest BCUT2D eigenvalue weighted by molar-refractivity contribution is 0.390. The van der Waals surface area contributed by atoms with Crippen LogP contribution >= 0.6 is 11.8 Å². The number of nitrogens with one attached hydrogen (secondary N) is 1. The van der Waals surface area contributed by atoms with E-state index in [0.717, 1.165) is 40.3 Å². The van der Waals surface area contributed by atoms with Crippen LogP contribution in [-0.2, 0) is 5.75 Å². The van der Waals surface area contributed by atoms with Crippen LogP contribution in [0.1, 0.15) is 24.8 Å². The zero-order valence-electron chi connectivity index (χ0n) is 15.3. The molecule has 9 heteroatoms. The van der Waals surface area contributed by atoms with Gasteiger partial charge in [-0.1, -0.05) is 35.1 Å². The Morgan fingerprint density at radius 1 is 1.14 bits per heavy atom. The van der Waals surface area contributed by atoms with Crippen LogP contribution in [0, 0.1) is 0 Å². The van der Waals surface area contributed by atoms with E-state index in [1.54, 1.807) is 30.2 Å². The number of benzene rings is 1. The fourth-order valence-corrected chi connectivity index (χ4v) is 4.27. The van der Waals surface area contributed by atoms with E-state index in [4.69, 9.17) is 8.94 Å². The van der Waals surface area contributed by atoms with Gasteiger partial charge in [-0.05, 0) is 31.0 Å². The van der Waals surface area contributed by atoms with Crippen molar-refractivity contribution in [3.05, 3.63) is 54.7 Å². The van der Waals surface area contributed by atoms with Gasteiger partial charge in [0.05, 0.1) is 12.0 Å². The Hall–Kier alpha value is -3.33. The van der Waals surface area contributed by atoms with Crippen molar-refractivity contribution in [3.63, 3.8) is 0 Å². The first kappa shape index (κ1) is 16.6. The molecule has 1 saturated carbocycles. The smallest absolute Gasteiger partial charge is 0.238 e. The van der Waals surface area contributed by atoms with Crippen molar-refractivity contribution in [3.8, 4) is 23.0 Å². The molecular formula is C20H16N6O2S. The Bertz CT molecular complexity index is 1280. The predicted molar refractivity (Wildman–Crippen MR) is 107 cm³/mol. The van der Waals surface area contributed by atoms with Crippen LogP contribution < -0.4 is 0 Å². The molecule has 4 aromatic heterocycles. The highest BCUT2D eigenvalue weighted by atomic mass is 32.2. The van der Waals surface area contributed by atoms with Crippen LogP contribution in [0.15, 0.2) is 63.0 Å². The molecule has 1 fully saturated rings. The minimum Gasteiger partial charge on any atom is -0.461 e. The summed E-state index contributed by atoms with van der Waals surface area (Å²) in [5.74, 6) is 2.99. The molecule has 0 amide bonds. The van der Waals surface area contributed by atoms with E-state index in [1.807, 2.05) is 18.3 Å². The number of nitrogens with zero attached hydrogens (tertiary/aromatic N) is 5. The van der Waals surface area contributed by atoms with Crippen molar-refractivity contribution < 1.29 is 8.94 Å². The lowest BCUT2D eigenvalue weighted by Crippen LogP contribution is -1.99. The minimum atomic E-state index is 0.442. The molecule has 0 bridgehead atoms. The number of hydrogen-bond acceptors (Lipinski definition) is 7. The van der Waals surface area contributed by atoms with E-state index in [9.17, 15) is 0 Å². The second-order valence-electron chi connectivity index (χ2n) is 6.93. The topological polar surface area (TPSA) is 98.6 Å². The third-order valence-corrected chi connectivity index (χ3v) is 5.87. The fourth-order valence-electron chi connectivity index (χ4n) is 3.42. The average Bonchev–Trinajstić information content (AvgIpc) is 3.22. The van der Waals surface area contributed by atoms with Gasteiger partial charge in [-0.2, -0.15) is 4.98 Å². The first-order valence-electron chi connectivity index (χ1n) is 9.37. The van der Waals surface area contributed by atoms with Crippen molar-refractivity contribution >= 4 is 22.7 Å². The normalized spacial score (nSPS) is 14.1. The average molecular weight is 404 g/mol. The van der Waals surface area contributed by atoms with Gasteiger partial charge in [0.1, 0.15) is 0 Å². The Morgan fingerprint density at radius 3 is 2.93 bits per heavy atom. The number of aromatic amines is 1. The van der Waals surface area contributed by atoms with Gasteiger partial charge < -0.3 is 13.9 Å². The van der Waals surface area contributed by atoms with Crippen LogP contribution in [0.4, 0.5) is 0 Å². The maximum atomic E-state index is 5.36. The maximum absolute atomic E-state index is 5.36. The number of hydrogen-bond donors (Lipinski definition) is 1. The third kappa shape index (κ3) is 2.94. The van der Waals surface area contributed by atoms with Gasteiger partial charge in [-0.3, -0.25) is 4.57 Å². The lowest BCUT2D eigenvalue weighted by atomic mass is 10.1. The van der Waals surface area contributed by atoms with E-state index >= 15 is 0 Å². The van der Waals surface area contributed by atoms with Crippen molar-refractivity contribution in [1.82, 2.24) is 29.9 Å². The number of fused-ring (bicyclic) bond motifs is 1. The van der Waals surface area contributed by atoms with E-state index < -0.39 is 0 Å². The highest BCUT2D eigenvalue weighted by Gasteiger charge is 2.31. The predicted octanol–water partition coefficient (Wildman–Crippen LogP) is 4.70. The van der Waals surface area contributed by atoms with Crippen LogP contribution in [0.2, 0.25) is 0 Å². The fraction of sp³-hybridized carbons (Fsp3) is 0.200. The quantitative estimate of drug-likeness (QED) is 0.410. The van der Waals surface area contributed by atoms with Gasteiger partial charge in [0.2, 0.25) is 11.7 Å². The monoisotopic (exact) mass is 404 g/mol. The number of para-hydroxylation sites is 1. The summed E-state index contributed by atoms with van der Waals surface area (Å²) in [6, 6.07) is 12.3. The third-order valence-electron chi connectivity index (χ3n) is 4.94. The number of furan rings is 1. The van der Waals surface area contributed by atoms with Gasteiger partial charge in [0, 0.05) is 28.7 Å². The minimum absolute atomic E-state index is 0.442. The van der Waals surface area contributed by atoms with Crippen molar-refractivity contribution in [2.45, 2.75) is 29.8 Å².